The molecular weight excluding hydrogens is 134 g/mol. The molecule has 2 aliphatic rings. The molecule has 0 bridgehead atoms. The van der Waals surface area contributed by atoms with Gasteiger partial charge in [-0.15, -0.1) is 0 Å². The van der Waals surface area contributed by atoms with Crippen molar-refractivity contribution in [2.75, 3.05) is 20.1 Å². The average Bonchev–Trinajstić information content (AvgIpc) is 2.37. The molecule has 11 heavy (non-hydrogen) atoms. The van der Waals surface area contributed by atoms with E-state index in [1.54, 1.807) is 0 Å². The third kappa shape index (κ3) is 1.10. The highest BCUT2D eigenvalue weighted by Crippen LogP contribution is 2.44. The molecule has 0 spiro atoms. The van der Waals surface area contributed by atoms with Gasteiger partial charge in [0.25, 0.3) is 0 Å². The van der Waals surface area contributed by atoms with Gasteiger partial charge in [0.05, 0.1) is 0 Å². The van der Waals surface area contributed by atoms with Gasteiger partial charge in [0, 0.05) is 13.1 Å². The second-order valence-electron chi connectivity index (χ2n) is 4.72. The minimum absolute atomic E-state index is 0.977. The van der Waals surface area contributed by atoms with Crippen LogP contribution >= 0.6 is 0 Å². The molecular formula is C10H19N. The predicted molar refractivity (Wildman–Crippen MR) is 47.4 cm³/mol. The topological polar surface area (TPSA) is 3.24 Å². The lowest BCUT2D eigenvalue weighted by molar-refractivity contribution is 0.307. The first-order valence-electron chi connectivity index (χ1n) is 4.87. The molecule has 1 heterocycles. The number of likely N-dealkylation sites (tertiary alicyclic amines) is 1. The van der Waals surface area contributed by atoms with Gasteiger partial charge in [-0.2, -0.15) is 0 Å². The summed E-state index contributed by atoms with van der Waals surface area (Å²) in [7, 11) is 2.26. The summed E-state index contributed by atoms with van der Waals surface area (Å²) >= 11 is 0. The Bertz CT molecular complexity index is 155. The first-order chi connectivity index (χ1) is 5.18. The van der Waals surface area contributed by atoms with Crippen LogP contribution in [0.25, 0.3) is 0 Å². The fourth-order valence-electron chi connectivity index (χ4n) is 3.08. The van der Waals surface area contributed by atoms with Crippen LogP contribution in [0.4, 0.5) is 0 Å². The lowest BCUT2D eigenvalue weighted by Gasteiger charge is -2.17. The van der Waals surface area contributed by atoms with Crippen molar-refractivity contribution in [2.45, 2.75) is 20.3 Å². The Morgan fingerprint density at radius 2 is 1.91 bits per heavy atom. The van der Waals surface area contributed by atoms with Crippen LogP contribution in [0.1, 0.15) is 20.3 Å². The molecule has 0 N–H and O–H groups in total. The predicted octanol–water partition coefficient (Wildman–Crippen LogP) is 1.84. The van der Waals surface area contributed by atoms with Crippen LogP contribution in [-0.2, 0) is 0 Å². The van der Waals surface area contributed by atoms with E-state index in [-0.39, 0.29) is 0 Å². The zero-order valence-corrected chi connectivity index (χ0v) is 7.88. The molecule has 1 heteroatoms. The molecule has 0 unspecified atom stereocenters. The van der Waals surface area contributed by atoms with Crippen LogP contribution in [0.3, 0.4) is 0 Å². The SMILES string of the molecule is C[C@@H]1[C@@H]2CN(C)C[C@@H]2C[C@H]1C. The summed E-state index contributed by atoms with van der Waals surface area (Å²) in [6.07, 6.45) is 1.48. The van der Waals surface area contributed by atoms with E-state index in [1.165, 1.54) is 19.5 Å². The first kappa shape index (κ1) is 7.60. The van der Waals surface area contributed by atoms with Gasteiger partial charge in [-0.25, -0.2) is 0 Å². The normalized spacial score (nSPS) is 51.5. The highest BCUT2D eigenvalue weighted by molar-refractivity contribution is 4.93. The Labute approximate surface area is 69.8 Å². The Kier molecular flexibility index (Phi) is 1.71. The zero-order chi connectivity index (χ0) is 8.01. The third-order valence-electron chi connectivity index (χ3n) is 3.92. The lowest BCUT2D eigenvalue weighted by Crippen LogP contribution is -2.19. The molecule has 0 aromatic heterocycles. The maximum Gasteiger partial charge on any atom is 0.00125 e. The molecule has 4 atom stereocenters. The minimum Gasteiger partial charge on any atom is -0.306 e. The molecule has 2 fully saturated rings. The first-order valence-corrected chi connectivity index (χ1v) is 4.87. The summed E-state index contributed by atoms with van der Waals surface area (Å²) in [6.45, 7) is 7.58. The van der Waals surface area contributed by atoms with Gasteiger partial charge in [-0.3, -0.25) is 0 Å². The molecule has 1 aliphatic carbocycles. The lowest BCUT2D eigenvalue weighted by atomic mass is 9.91. The van der Waals surface area contributed by atoms with Gasteiger partial charge in [0.2, 0.25) is 0 Å². The van der Waals surface area contributed by atoms with Crippen molar-refractivity contribution >= 4 is 0 Å². The van der Waals surface area contributed by atoms with Crippen molar-refractivity contribution in [3.8, 4) is 0 Å². The molecule has 0 amide bonds. The van der Waals surface area contributed by atoms with Gasteiger partial charge in [0.1, 0.15) is 0 Å². The van der Waals surface area contributed by atoms with Crippen LogP contribution in [0.15, 0.2) is 0 Å². The van der Waals surface area contributed by atoms with Crippen molar-refractivity contribution in [3.63, 3.8) is 0 Å². The molecule has 0 aromatic rings. The summed E-state index contributed by atoms with van der Waals surface area (Å²) in [4.78, 5) is 2.50. The van der Waals surface area contributed by atoms with Gasteiger partial charge in [0.15, 0.2) is 0 Å². The number of hydrogen-bond acceptors (Lipinski definition) is 1. The van der Waals surface area contributed by atoms with Crippen molar-refractivity contribution in [2.24, 2.45) is 23.7 Å². The number of fused-ring (bicyclic) bond motifs is 1. The third-order valence-corrected chi connectivity index (χ3v) is 3.92. The smallest absolute Gasteiger partial charge is 0.00125 e. The van der Waals surface area contributed by atoms with Crippen molar-refractivity contribution < 1.29 is 0 Å². The van der Waals surface area contributed by atoms with E-state index in [9.17, 15) is 0 Å². The van der Waals surface area contributed by atoms with Crippen molar-refractivity contribution in [1.82, 2.24) is 4.90 Å². The highest BCUT2D eigenvalue weighted by atomic mass is 15.1. The molecule has 0 radical (unpaired) electrons. The van der Waals surface area contributed by atoms with Crippen LogP contribution in [0.2, 0.25) is 0 Å². The van der Waals surface area contributed by atoms with E-state index in [0.717, 1.165) is 23.7 Å². The molecule has 64 valence electrons. The van der Waals surface area contributed by atoms with Gasteiger partial charge >= 0.3 is 0 Å². The Morgan fingerprint density at radius 1 is 1.18 bits per heavy atom. The summed E-state index contributed by atoms with van der Waals surface area (Å²) in [5.41, 5.74) is 0. The zero-order valence-electron chi connectivity index (χ0n) is 7.88. The fraction of sp³-hybridized carbons (Fsp3) is 1.00. The molecule has 1 saturated carbocycles. The van der Waals surface area contributed by atoms with E-state index in [4.69, 9.17) is 0 Å². The van der Waals surface area contributed by atoms with Crippen molar-refractivity contribution in [3.05, 3.63) is 0 Å². The highest BCUT2D eigenvalue weighted by Gasteiger charge is 2.42. The molecule has 0 aromatic carbocycles. The van der Waals surface area contributed by atoms with Gasteiger partial charge in [-0.05, 0) is 37.1 Å². The average molecular weight is 153 g/mol. The Balaban J connectivity index is 2.07. The minimum atomic E-state index is 0.977. The summed E-state index contributed by atoms with van der Waals surface area (Å²) in [6, 6.07) is 0. The van der Waals surface area contributed by atoms with Crippen LogP contribution < -0.4 is 0 Å². The Hall–Kier alpha value is -0.0400. The maximum absolute atomic E-state index is 2.50. The molecule has 1 saturated heterocycles. The standard InChI is InChI=1S/C10H19N/c1-7-4-9-5-11(3)6-10(9)8(7)2/h7-10H,4-6H2,1-3H3/t7-,8+,9+,10+/m1/s1. The number of rotatable bonds is 0. The second kappa shape index (κ2) is 2.48. The van der Waals surface area contributed by atoms with E-state index < -0.39 is 0 Å². The number of nitrogens with zero attached hydrogens (tertiary/aromatic N) is 1. The van der Waals surface area contributed by atoms with E-state index in [0.29, 0.717) is 0 Å². The van der Waals surface area contributed by atoms with Crippen LogP contribution in [0, 0.1) is 23.7 Å². The number of hydrogen-bond donors (Lipinski definition) is 0. The van der Waals surface area contributed by atoms with E-state index in [2.05, 4.69) is 25.8 Å². The van der Waals surface area contributed by atoms with E-state index in [1.807, 2.05) is 0 Å². The Morgan fingerprint density at radius 3 is 2.55 bits per heavy atom. The molecule has 1 aliphatic heterocycles. The second-order valence-corrected chi connectivity index (χ2v) is 4.72. The van der Waals surface area contributed by atoms with Crippen LogP contribution in [0.5, 0.6) is 0 Å². The van der Waals surface area contributed by atoms with E-state index >= 15 is 0 Å². The van der Waals surface area contributed by atoms with Crippen LogP contribution in [-0.4, -0.2) is 25.0 Å². The van der Waals surface area contributed by atoms with Gasteiger partial charge < -0.3 is 4.90 Å². The quantitative estimate of drug-likeness (QED) is 0.513. The fourth-order valence-corrected chi connectivity index (χ4v) is 3.08. The monoisotopic (exact) mass is 153 g/mol. The van der Waals surface area contributed by atoms with Gasteiger partial charge in [-0.1, -0.05) is 13.8 Å². The molecule has 1 nitrogen and oxygen atoms in total. The largest absolute Gasteiger partial charge is 0.306 e. The van der Waals surface area contributed by atoms with Crippen molar-refractivity contribution in [1.29, 1.82) is 0 Å². The maximum atomic E-state index is 2.50. The summed E-state index contributed by atoms with van der Waals surface area (Å²) in [5, 5.41) is 0. The molecule has 2 rings (SSSR count). The summed E-state index contributed by atoms with van der Waals surface area (Å²) < 4.78 is 0. The summed E-state index contributed by atoms with van der Waals surface area (Å²) in [5.74, 6) is 4.02.